The van der Waals surface area contributed by atoms with Crippen molar-refractivity contribution in [2.24, 2.45) is 0 Å². The molecule has 0 saturated carbocycles. The molecule has 0 spiro atoms. The first kappa shape index (κ1) is 10.1. The van der Waals surface area contributed by atoms with E-state index in [1.54, 1.807) is 24.3 Å². The molecule has 1 aromatic carbocycles. The minimum absolute atomic E-state index is 0.351. The molecule has 0 aromatic heterocycles. The van der Waals surface area contributed by atoms with E-state index in [1.807, 2.05) is 0 Å². The number of nitrogens with one attached hydrogen (secondary N) is 1. The van der Waals surface area contributed by atoms with Crippen molar-refractivity contribution in [1.29, 1.82) is 0 Å². The van der Waals surface area contributed by atoms with Gasteiger partial charge in [0.25, 0.3) is 10.0 Å². The van der Waals surface area contributed by atoms with E-state index in [0.717, 1.165) is 5.41 Å². The van der Waals surface area contributed by atoms with E-state index in [9.17, 15) is 8.42 Å². The van der Waals surface area contributed by atoms with Gasteiger partial charge in [0.05, 0.1) is 10.7 Å². The highest BCUT2D eigenvalue weighted by atomic mass is 35.5. The molecule has 0 aliphatic rings. The van der Waals surface area contributed by atoms with E-state index < -0.39 is 10.0 Å². The zero-order valence-electron chi connectivity index (χ0n) is 6.70. The highest BCUT2D eigenvalue weighted by molar-refractivity contribution is 7.95. The third-order valence-corrected chi connectivity index (χ3v) is 2.62. The lowest BCUT2D eigenvalue weighted by atomic mass is 10.3. The van der Waals surface area contributed by atoms with Crippen molar-refractivity contribution in [2.45, 2.75) is 0 Å². The van der Waals surface area contributed by atoms with E-state index in [-0.39, 0.29) is 0 Å². The summed E-state index contributed by atoms with van der Waals surface area (Å²) in [6.45, 7) is 3.16. The summed E-state index contributed by atoms with van der Waals surface area (Å²) in [5, 5.41) is 1.18. The lowest BCUT2D eigenvalue weighted by Crippen LogP contribution is -2.08. The van der Waals surface area contributed by atoms with Crippen LogP contribution in [0.15, 0.2) is 36.3 Å². The first-order valence-corrected chi connectivity index (χ1v) is 5.37. The molecule has 1 rings (SSSR count). The number of rotatable bonds is 3. The molecule has 0 radical (unpaired) electrons. The van der Waals surface area contributed by atoms with Gasteiger partial charge in [0.15, 0.2) is 0 Å². The highest BCUT2D eigenvalue weighted by Crippen LogP contribution is 2.21. The Morgan fingerprint density at radius 3 is 2.54 bits per heavy atom. The van der Waals surface area contributed by atoms with Gasteiger partial charge in [0.2, 0.25) is 0 Å². The molecule has 0 aliphatic carbocycles. The molecular weight excluding hydrogens is 210 g/mol. The maximum atomic E-state index is 11.0. The Balaban J connectivity index is 3.00. The molecule has 1 aromatic rings. The molecular formula is C8H8ClNO2S. The summed E-state index contributed by atoms with van der Waals surface area (Å²) >= 11 is 5.73. The molecule has 0 amide bonds. The van der Waals surface area contributed by atoms with Gasteiger partial charge in [0.1, 0.15) is 0 Å². The zero-order valence-corrected chi connectivity index (χ0v) is 8.27. The lowest BCUT2D eigenvalue weighted by Gasteiger charge is -2.04. The van der Waals surface area contributed by atoms with Crippen LogP contribution in [0.5, 0.6) is 0 Å². The number of anilines is 1. The van der Waals surface area contributed by atoms with Crippen LogP contribution in [-0.4, -0.2) is 8.42 Å². The summed E-state index contributed by atoms with van der Waals surface area (Å²) in [6.07, 6.45) is 0. The first-order valence-electron chi connectivity index (χ1n) is 3.45. The summed E-state index contributed by atoms with van der Waals surface area (Å²) < 4.78 is 24.3. The molecule has 0 aliphatic heterocycles. The molecule has 0 bridgehead atoms. The Morgan fingerprint density at radius 2 is 2.00 bits per heavy atom. The van der Waals surface area contributed by atoms with Crippen molar-refractivity contribution in [1.82, 2.24) is 0 Å². The van der Waals surface area contributed by atoms with Gasteiger partial charge in [-0.3, -0.25) is 4.72 Å². The van der Waals surface area contributed by atoms with Crippen LogP contribution in [0.1, 0.15) is 0 Å². The minimum Gasteiger partial charge on any atom is -0.279 e. The molecule has 0 fully saturated rings. The van der Waals surface area contributed by atoms with E-state index in [0.29, 0.717) is 10.7 Å². The fourth-order valence-corrected chi connectivity index (χ4v) is 1.55. The van der Waals surface area contributed by atoms with Crippen LogP contribution in [0.25, 0.3) is 0 Å². The molecule has 0 saturated heterocycles. The second-order valence-electron chi connectivity index (χ2n) is 2.29. The third-order valence-electron chi connectivity index (χ3n) is 1.35. The van der Waals surface area contributed by atoms with E-state index in [1.165, 1.54) is 0 Å². The summed E-state index contributed by atoms with van der Waals surface area (Å²) in [4.78, 5) is 0. The molecule has 0 unspecified atom stereocenters. The molecule has 13 heavy (non-hydrogen) atoms. The third kappa shape index (κ3) is 2.75. The van der Waals surface area contributed by atoms with Crippen LogP contribution in [0.2, 0.25) is 5.02 Å². The second kappa shape index (κ2) is 3.81. The fraction of sp³-hybridized carbons (Fsp3) is 0. The van der Waals surface area contributed by atoms with Gasteiger partial charge >= 0.3 is 0 Å². The van der Waals surface area contributed by atoms with Crippen LogP contribution in [-0.2, 0) is 10.0 Å². The number of benzene rings is 1. The molecule has 70 valence electrons. The number of halogens is 1. The Kier molecular flexibility index (Phi) is 2.95. The van der Waals surface area contributed by atoms with Crippen LogP contribution >= 0.6 is 11.6 Å². The zero-order chi connectivity index (χ0) is 9.90. The number of hydrogen-bond donors (Lipinski definition) is 1. The second-order valence-corrected chi connectivity index (χ2v) is 4.33. The molecule has 5 heteroatoms. The fourth-order valence-electron chi connectivity index (χ4n) is 0.739. The summed E-state index contributed by atoms with van der Waals surface area (Å²) in [5.41, 5.74) is 0.351. The van der Waals surface area contributed by atoms with Crippen molar-refractivity contribution in [3.05, 3.63) is 41.3 Å². The SMILES string of the molecule is C=CS(=O)(=O)Nc1ccccc1Cl. The molecule has 1 N–H and O–H groups in total. The van der Waals surface area contributed by atoms with Gasteiger partial charge in [-0.25, -0.2) is 8.42 Å². The average Bonchev–Trinajstić information content (AvgIpc) is 2.09. The maximum Gasteiger partial charge on any atom is 0.254 e. The van der Waals surface area contributed by atoms with Crippen LogP contribution in [0, 0.1) is 0 Å². The topological polar surface area (TPSA) is 46.2 Å². The number of sulfonamides is 1. The maximum absolute atomic E-state index is 11.0. The van der Waals surface area contributed by atoms with Gasteiger partial charge in [-0.05, 0) is 12.1 Å². The Hall–Kier alpha value is -1.00. The van der Waals surface area contributed by atoms with Crippen molar-refractivity contribution in [3.8, 4) is 0 Å². The normalized spacial score (nSPS) is 10.8. The summed E-state index contributed by atoms with van der Waals surface area (Å²) in [6, 6.07) is 6.58. The minimum atomic E-state index is -3.47. The van der Waals surface area contributed by atoms with Crippen LogP contribution < -0.4 is 4.72 Å². The van der Waals surface area contributed by atoms with Gasteiger partial charge in [0, 0.05) is 5.41 Å². The van der Waals surface area contributed by atoms with Gasteiger partial charge in [-0.15, -0.1) is 0 Å². The van der Waals surface area contributed by atoms with Gasteiger partial charge < -0.3 is 0 Å². The van der Waals surface area contributed by atoms with Crippen LogP contribution in [0.3, 0.4) is 0 Å². The lowest BCUT2D eigenvalue weighted by molar-refractivity contribution is 0.609. The van der Waals surface area contributed by atoms with Crippen molar-refractivity contribution >= 4 is 27.3 Å². The summed E-state index contributed by atoms with van der Waals surface area (Å²) in [5.74, 6) is 0. The van der Waals surface area contributed by atoms with Gasteiger partial charge in [-0.1, -0.05) is 30.3 Å². The van der Waals surface area contributed by atoms with Gasteiger partial charge in [-0.2, -0.15) is 0 Å². The van der Waals surface area contributed by atoms with E-state index in [4.69, 9.17) is 11.6 Å². The van der Waals surface area contributed by atoms with E-state index in [2.05, 4.69) is 11.3 Å². The number of para-hydroxylation sites is 1. The van der Waals surface area contributed by atoms with Crippen molar-refractivity contribution < 1.29 is 8.42 Å². The quantitative estimate of drug-likeness (QED) is 0.844. The van der Waals surface area contributed by atoms with E-state index >= 15 is 0 Å². The van der Waals surface area contributed by atoms with Crippen molar-refractivity contribution in [2.75, 3.05) is 4.72 Å². The standard InChI is InChI=1S/C8H8ClNO2S/c1-2-13(11,12)10-8-6-4-3-5-7(8)9/h2-6,10H,1H2. The Bertz CT molecular complexity index is 414. The predicted molar refractivity (Wildman–Crippen MR) is 54.2 cm³/mol. The molecule has 0 atom stereocenters. The number of hydrogen-bond acceptors (Lipinski definition) is 2. The Labute approximate surface area is 82.1 Å². The first-order chi connectivity index (χ1) is 6.05. The molecule has 3 nitrogen and oxygen atoms in total. The largest absolute Gasteiger partial charge is 0.279 e. The van der Waals surface area contributed by atoms with Crippen molar-refractivity contribution in [3.63, 3.8) is 0 Å². The Morgan fingerprint density at radius 1 is 1.38 bits per heavy atom. The smallest absolute Gasteiger partial charge is 0.254 e. The van der Waals surface area contributed by atoms with Crippen LogP contribution in [0.4, 0.5) is 5.69 Å². The molecule has 0 heterocycles. The summed E-state index contributed by atoms with van der Waals surface area (Å²) in [7, 11) is -3.47. The highest BCUT2D eigenvalue weighted by Gasteiger charge is 2.06. The predicted octanol–water partition coefficient (Wildman–Crippen LogP) is 2.23. The average molecular weight is 218 g/mol. The monoisotopic (exact) mass is 217 g/mol.